The van der Waals surface area contributed by atoms with Crippen molar-refractivity contribution in [1.82, 2.24) is 0 Å². The smallest absolute Gasteiger partial charge is 0.359 e. The second-order valence-corrected chi connectivity index (χ2v) is 2.63. The predicted octanol–water partition coefficient (Wildman–Crippen LogP) is 1.02. The lowest BCUT2D eigenvalue weighted by molar-refractivity contribution is -0.129. The van der Waals surface area contributed by atoms with Crippen molar-refractivity contribution in [3.8, 4) is 0 Å². The molecule has 0 amide bonds. The largest absolute Gasteiger partial charge is 0.476 e. The first kappa shape index (κ1) is 11.8. The SMILES string of the molecule is O=C/C(=N\Nc1cccc(F)c1F)C(=O)O. The number of carboxylic acid groups (broad SMARTS) is 1. The minimum absolute atomic E-state index is 0.0213. The van der Waals surface area contributed by atoms with Crippen LogP contribution in [0, 0.1) is 11.6 Å². The van der Waals surface area contributed by atoms with Crippen LogP contribution in [0.2, 0.25) is 0 Å². The van der Waals surface area contributed by atoms with Crippen LogP contribution in [-0.2, 0) is 9.59 Å². The summed E-state index contributed by atoms with van der Waals surface area (Å²) in [6, 6.07) is 3.24. The summed E-state index contributed by atoms with van der Waals surface area (Å²) >= 11 is 0. The van der Waals surface area contributed by atoms with Gasteiger partial charge in [-0.3, -0.25) is 10.2 Å². The molecule has 0 atom stereocenters. The maximum atomic E-state index is 13.0. The monoisotopic (exact) mass is 228 g/mol. The second kappa shape index (κ2) is 4.96. The molecule has 0 saturated heterocycles. The number of nitrogens with one attached hydrogen (secondary N) is 1. The molecule has 0 heterocycles. The standard InChI is InChI=1S/C9H6F2N2O3/c10-5-2-1-3-6(8(5)11)12-13-7(4-14)9(15)16/h1-4,12H,(H,15,16)/b13-7+. The van der Waals surface area contributed by atoms with Gasteiger partial charge >= 0.3 is 5.97 Å². The van der Waals surface area contributed by atoms with Gasteiger partial charge in [-0.25, -0.2) is 13.6 Å². The Balaban J connectivity index is 2.93. The van der Waals surface area contributed by atoms with Gasteiger partial charge in [-0.15, -0.1) is 0 Å². The van der Waals surface area contributed by atoms with Gasteiger partial charge in [-0.1, -0.05) is 6.07 Å². The maximum Gasteiger partial charge on any atom is 0.359 e. The van der Waals surface area contributed by atoms with Crippen LogP contribution in [0.25, 0.3) is 0 Å². The average Bonchev–Trinajstić information content (AvgIpc) is 2.24. The van der Waals surface area contributed by atoms with Gasteiger partial charge in [0.25, 0.3) is 0 Å². The Hall–Kier alpha value is -2.31. The number of hydrogen-bond acceptors (Lipinski definition) is 4. The lowest BCUT2D eigenvalue weighted by Crippen LogP contribution is -2.16. The van der Waals surface area contributed by atoms with E-state index in [1.54, 1.807) is 0 Å². The third kappa shape index (κ3) is 2.59. The van der Waals surface area contributed by atoms with Crippen molar-refractivity contribution in [1.29, 1.82) is 0 Å². The van der Waals surface area contributed by atoms with Crippen LogP contribution in [0.1, 0.15) is 0 Å². The van der Waals surface area contributed by atoms with Crippen molar-refractivity contribution in [2.75, 3.05) is 5.43 Å². The Labute approximate surface area is 88.4 Å². The summed E-state index contributed by atoms with van der Waals surface area (Å²) in [5.74, 6) is -3.88. The number of carbonyl (C=O) groups is 2. The van der Waals surface area contributed by atoms with Gasteiger partial charge in [0.1, 0.15) is 0 Å². The highest BCUT2D eigenvalue weighted by atomic mass is 19.2. The fourth-order valence-corrected chi connectivity index (χ4v) is 0.835. The number of anilines is 1. The topological polar surface area (TPSA) is 78.8 Å². The van der Waals surface area contributed by atoms with E-state index in [4.69, 9.17) is 5.11 Å². The van der Waals surface area contributed by atoms with Gasteiger partial charge in [0.05, 0.1) is 5.69 Å². The highest BCUT2D eigenvalue weighted by Crippen LogP contribution is 2.16. The Bertz CT molecular complexity index is 460. The molecule has 16 heavy (non-hydrogen) atoms. The summed E-state index contributed by atoms with van der Waals surface area (Å²) in [6.07, 6.45) is -0.0213. The van der Waals surface area contributed by atoms with Gasteiger partial charge in [0.15, 0.2) is 17.9 Å². The predicted molar refractivity (Wildman–Crippen MR) is 51.1 cm³/mol. The Morgan fingerprint density at radius 3 is 2.69 bits per heavy atom. The zero-order chi connectivity index (χ0) is 12.1. The van der Waals surface area contributed by atoms with E-state index in [1.807, 2.05) is 5.43 Å². The lowest BCUT2D eigenvalue weighted by atomic mass is 10.3. The summed E-state index contributed by atoms with van der Waals surface area (Å²) in [7, 11) is 0. The molecular weight excluding hydrogens is 222 g/mol. The van der Waals surface area contributed by atoms with E-state index in [1.165, 1.54) is 6.07 Å². The molecule has 0 bridgehead atoms. The van der Waals surface area contributed by atoms with E-state index in [-0.39, 0.29) is 12.0 Å². The molecule has 0 aliphatic rings. The lowest BCUT2D eigenvalue weighted by Gasteiger charge is -2.02. The quantitative estimate of drug-likeness (QED) is 0.349. The highest BCUT2D eigenvalue weighted by molar-refractivity contribution is 6.57. The number of rotatable bonds is 4. The minimum atomic E-state index is -1.57. The average molecular weight is 228 g/mol. The number of benzene rings is 1. The van der Waals surface area contributed by atoms with E-state index >= 15 is 0 Å². The number of aldehydes is 1. The number of hydrogen-bond donors (Lipinski definition) is 2. The number of nitrogens with zero attached hydrogens (tertiary/aromatic N) is 1. The number of carbonyl (C=O) groups excluding carboxylic acids is 1. The van der Waals surface area contributed by atoms with Crippen LogP contribution in [0.3, 0.4) is 0 Å². The van der Waals surface area contributed by atoms with Gasteiger partial charge in [-0.05, 0) is 12.1 Å². The van der Waals surface area contributed by atoms with Gasteiger partial charge in [0, 0.05) is 0 Å². The fraction of sp³-hybridized carbons (Fsp3) is 0. The molecule has 0 unspecified atom stereocenters. The Kier molecular flexibility index (Phi) is 3.65. The van der Waals surface area contributed by atoms with Crippen LogP contribution >= 0.6 is 0 Å². The van der Waals surface area contributed by atoms with E-state index in [2.05, 4.69) is 5.10 Å². The second-order valence-electron chi connectivity index (χ2n) is 2.63. The fourth-order valence-electron chi connectivity index (χ4n) is 0.835. The molecular formula is C9H6F2N2O3. The van der Waals surface area contributed by atoms with Crippen molar-refractivity contribution in [2.24, 2.45) is 5.10 Å². The highest BCUT2D eigenvalue weighted by Gasteiger charge is 2.10. The molecule has 5 nitrogen and oxygen atoms in total. The molecule has 1 aromatic carbocycles. The number of halogens is 2. The van der Waals surface area contributed by atoms with Crippen molar-refractivity contribution >= 4 is 23.7 Å². The van der Waals surface area contributed by atoms with Crippen molar-refractivity contribution in [2.45, 2.75) is 0 Å². The number of carboxylic acids is 1. The van der Waals surface area contributed by atoms with Crippen molar-refractivity contribution < 1.29 is 23.5 Å². The summed E-state index contributed by atoms with van der Waals surface area (Å²) < 4.78 is 25.7. The van der Waals surface area contributed by atoms with Gasteiger partial charge in [-0.2, -0.15) is 5.10 Å². The maximum absolute atomic E-state index is 13.0. The normalized spacial score (nSPS) is 11.0. The molecule has 0 radical (unpaired) electrons. The van der Waals surface area contributed by atoms with Crippen LogP contribution < -0.4 is 5.43 Å². The Morgan fingerprint density at radius 1 is 1.44 bits per heavy atom. The summed E-state index contributed by atoms with van der Waals surface area (Å²) in [5, 5.41) is 11.5. The first-order valence-corrected chi connectivity index (χ1v) is 4.02. The molecule has 84 valence electrons. The third-order valence-corrected chi connectivity index (χ3v) is 1.58. The van der Waals surface area contributed by atoms with Gasteiger partial charge in [0.2, 0.25) is 5.71 Å². The van der Waals surface area contributed by atoms with Crippen molar-refractivity contribution in [3.63, 3.8) is 0 Å². The van der Waals surface area contributed by atoms with E-state index in [0.29, 0.717) is 0 Å². The minimum Gasteiger partial charge on any atom is -0.476 e. The van der Waals surface area contributed by atoms with E-state index in [0.717, 1.165) is 12.1 Å². The Morgan fingerprint density at radius 2 is 2.12 bits per heavy atom. The van der Waals surface area contributed by atoms with Gasteiger partial charge < -0.3 is 5.11 Å². The molecule has 1 aromatic rings. The molecule has 2 N–H and O–H groups in total. The molecule has 0 aliphatic carbocycles. The zero-order valence-corrected chi connectivity index (χ0v) is 7.78. The van der Waals surface area contributed by atoms with Crippen LogP contribution in [0.4, 0.5) is 14.5 Å². The number of hydrazone groups is 1. The molecule has 1 rings (SSSR count). The van der Waals surface area contributed by atoms with Crippen molar-refractivity contribution in [3.05, 3.63) is 29.8 Å². The van der Waals surface area contributed by atoms with Crippen LogP contribution in [-0.4, -0.2) is 23.1 Å². The molecule has 0 aliphatic heterocycles. The third-order valence-electron chi connectivity index (χ3n) is 1.58. The molecule has 0 fully saturated rings. The molecule has 7 heteroatoms. The molecule has 0 aromatic heterocycles. The summed E-state index contributed by atoms with van der Waals surface area (Å²) in [6.45, 7) is 0. The summed E-state index contributed by atoms with van der Waals surface area (Å²) in [5.41, 5.74) is 0.743. The number of aliphatic carboxylic acids is 1. The van der Waals surface area contributed by atoms with Crippen LogP contribution in [0.5, 0.6) is 0 Å². The first-order chi connectivity index (χ1) is 7.56. The molecule has 0 saturated carbocycles. The summed E-state index contributed by atoms with van der Waals surface area (Å²) in [4.78, 5) is 20.5. The first-order valence-electron chi connectivity index (χ1n) is 4.02. The zero-order valence-electron chi connectivity index (χ0n) is 7.78. The van der Waals surface area contributed by atoms with E-state index < -0.39 is 23.3 Å². The van der Waals surface area contributed by atoms with Crippen LogP contribution in [0.15, 0.2) is 23.3 Å². The van der Waals surface area contributed by atoms with E-state index in [9.17, 15) is 18.4 Å². The molecule has 0 spiro atoms.